The van der Waals surface area contributed by atoms with E-state index >= 15 is 0 Å². The molecule has 0 amide bonds. The average Bonchev–Trinajstić information content (AvgIpc) is 2.38. The Morgan fingerprint density at radius 1 is 1.72 bits per heavy atom. The average molecular weight is 267 g/mol. The van der Waals surface area contributed by atoms with Gasteiger partial charge in [-0.3, -0.25) is 0 Å². The van der Waals surface area contributed by atoms with Crippen molar-refractivity contribution in [2.45, 2.75) is 18.6 Å². The van der Waals surface area contributed by atoms with Crippen LogP contribution in [0.15, 0.2) is 12.3 Å². The third-order valence-corrected chi connectivity index (χ3v) is 4.47. The number of anilines is 2. The summed E-state index contributed by atoms with van der Waals surface area (Å²) in [6, 6.07) is 1.44. The molecule has 3 N–H and O–H groups in total. The van der Waals surface area contributed by atoms with Crippen LogP contribution in [0, 0.1) is 0 Å². The van der Waals surface area contributed by atoms with Gasteiger partial charge in [-0.15, -0.1) is 0 Å². The minimum atomic E-state index is -1.01. The number of pyridine rings is 1. The molecule has 6 heteroatoms. The number of thioether (sulfide) groups is 1. The van der Waals surface area contributed by atoms with Gasteiger partial charge in [0.15, 0.2) is 5.82 Å². The first-order chi connectivity index (χ1) is 8.63. The van der Waals surface area contributed by atoms with Gasteiger partial charge in [0, 0.05) is 30.3 Å². The maximum atomic E-state index is 11.0. The molecule has 1 aliphatic heterocycles. The summed E-state index contributed by atoms with van der Waals surface area (Å²) in [4.78, 5) is 17.4. The minimum absolute atomic E-state index is 0.131. The molecule has 18 heavy (non-hydrogen) atoms. The highest BCUT2D eigenvalue weighted by atomic mass is 32.2. The quantitative estimate of drug-likeness (QED) is 0.867. The molecule has 0 aromatic carbocycles. The molecule has 0 bridgehead atoms. The van der Waals surface area contributed by atoms with Crippen molar-refractivity contribution >= 4 is 29.2 Å². The normalized spacial score (nSPS) is 19.8. The summed E-state index contributed by atoms with van der Waals surface area (Å²) in [6.45, 7) is 3.90. The van der Waals surface area contributed by atoms with E-state index in [0.29, 0.717) is 11.1 Å². The van der Waals surface area contributed by atoms with Crippen LogP contribution in [0.5, 0.6) is 0 Å². The Morgan fingerprint density at radius 3 is 3.17 bits per heavy atom. The Morgan fingerprint density at radius 2 is 2.50 bits per heavy atom. The van der Waals surface area contributed by atoms with E-state index in [0.717, 1.165) is 25.3 Å². The molecule has 1 aromatic rings. The molecule has 5 nitrogen and oxygen atoms in total. The lowest BCUT2D eigenvalue weighted by atomic mass is 10.2. The maximum Gasteiger partial charge on any atom is 0.337 e. The highest BCUT2D eigenvalue weighted by Crippen LogP contribution is 2.29. The Labute approximate surface area is 110 Å². The zero-order valence-corrected chi connectivity index (χ0v) is 11.1. The third-order valence-electron chi connectivity index (χ3n) is 3.09. The topological polar surface area (TPSA) is 79.5 Å². The lowest BCUT2D eigenvalue weighted by Crippen LogP contribution is -2.38. The molecule has 0 spiro atoms. The first-order valence-electron chi connectivity index (χ1n) is 5.97. The molecular formula is C12H17N3O2S. The summed E-state index contributed by atoms with van der Waals surface area (Å²) < 4.78 is 0. The van der Waals surface area contributed by atoms with Crippen molar-refractivity contribution in [2.75, 3.05) is 29.5 Å². The highest BCUT2D eigenvalue weighted by Gasteiger charge is 2.23. The van der Waals surface area contributed by atoms with Crippen LogP contribution in [0.1, 0.15) is 23.7 Å². The fourth-order valence-corrected chi connectivity index (χ4v) is 3.24. The summed E-state index contributed by atoms with van der Waals surface area (Å²) in [7, 11) is 0. The fourth-order valence-electron chi connectivity index (χ4n) is 2.06. The summed E-state index contributed by atoms with van der Waals surface area (Å²) in [6.07, 6.45) is 2.61. The molecule has 1 aliphatic rings. The second-order valence-electron chi connectivity index (χ2n) is 4.25. The summed E-state index contributed by atoms with van der Waals surface area (Å²) in [5.74, 6) is 0.625. The van der Waals surface area contributed by atoms with E-state index in [4.69, 9.17) is 10.8 Å². The lowest BCUT2D eigenvalue weighted by molar-refractivity contribution is 0.0698. The molecule has 1 unspecified atom stereocenters. The summed E-state index contributed by atoms with van der Waals surface area (Å²) >= 11 is 1.95. The van der Waals surface area contributed by atoms with Gasteiger partial charge in [-0.2, -0.15) is 11.8 Å². The van der Waals surface area contributed by atoms with Gasteiger partial charge in [0.25, 0.3) is 0 Å². The first-order valence-corrected chi connectivity index (χ1v) is 7.02. The molecule has 2 rings (SSSR count). The Hall–Kier alpha value is -1.43. The van der Waals surface area contributed by atoms with Crippen LogP contribution in [0.4, 0.5) is 11.5 Å². The number of nitrogens with two attached hydrogens (primary N) is 1. The summed E-state index contributed by atoms with van der Waals surface area (Å²) in [5, 5.41) is 9.62. The number of nitrogens with zero attached hydrogens (tertiary/aromatic N) is 2. The molecule has 0 radical (unpaired) electrons. The van der Waals surface area contributed by atoms with Gasteiger partial charge in [-0.25, -0.2) is 9.78 Å². The Bertz CT molecular complexity index is 453. The molecular weight excluding hydrogens is 250 g/mol. The maximum absolute atomic E-state index is 11.0. The predicted octanol–water partition coefficient (Wildman–Crippen LogP) is 1.69. The monoisotopic (exact) mass is 267 g/mol. The largest absolute Gasteiger partial charge is 0.478 e. The van der Waals surface area contributed by atoms with Crippen molar-refractivity contribution in [2.24, 2.45) is 0 Å². The smallest absolute Gasteiger partial charge is 0.337 e. The zero-order valence-electron chi connectivity index (χ0n) is 10.3. The van der Waals surface area contributed by atoms with Crippen molar-refractivity contribution in [3.05, 3.63) is 17.8 Å². The number of aromatic carboxylic acids is 1. The molecule has 0 aliphatic carbocycles. The van der Waals surface area contributed by atoms with Gasteiger partial charge < -0.3 is 15.7 Å². The number of aromatic nitrogens is 1. The number of carboxylic acids is 1. The van der Waals surface area contributed by atoms with Crippen LogP contribution in [-0.4, -0.2) is 40.2 Å². The molecule has 1 saturated heterocycles. The van der Waals surface area contributed by atoms with Crippen LogP contribution in [-0.2, 0) is 0 Å². The number of carbonyl (C=O) groups is 1. The van der Waals surface area contributed by atoms with E-state index in [1.54, 1.807) is 0 Å². The number of rotatable bonds is 3. The number of carboxylic acid groups (broad SMARTS) is 1. The van der Waals surface area contributed by atoms with Gasteiger partial charge in [0.2, 0.25) is 0 Å². The van der Waals surface area contributed by atoms with E-state index < -0.39 is 5.97 Å². The molecule has 98 valence electrons. The van der Waals surface area contributed by atoms with Crippen LogP contribution < -0.4 is 10.6 Å². The van der Waals surface area contributed by atoms with E-state index in [2.05, 4.69) is 16.8 Å². The van der Waals surface area contributed by atoms with Gasteiger partial charge in [-0.1, -0.05) is 6.92 Å². The van der Waals surface area contributed by atoms with Crippen LogP contribution in [0.25, 0.3) is 0 Å². The van der Waals surface area contributed by atoms with Gasteiger partial charge in [-0.05, 0) is 12.5 Å². The second-order valence-corrected chi connectivity index (χ2v) is 5.66. The minimum Gasteiger partial charge on any atom is -0.478 e. The molecule has 1 fully saturated rings. The second kappa shape index (κ2) is 5.48. The third kappa shape index (κ3) is 2.53. The van der Waals surface area contributed by atoms with Crippen molar-refractivity contribution < 1.29 is 9.90 Å². The Kier molecular flexibility index (Phi) is 3.96. The van der Waals surface area contributed by atoms with Crippen molar-refractivity contribution in [3.63, 3.8) is 0 Å². The Balaban J connectivity index is 2.27. The molecule has 2 heterocycles. The molecule has 1 aromatic heterocycles. The zero-order chi connectivity index (χ0) is 13.1. The first kappa shape index (κ1) is 13.0. The van der Waals surface area contributed by atoms with Gasteiger partial charge >= 0.3 is 5.97 Å². The van der Waals surface area contributed by atoms with Crippen LogP contribution >= 0.6 is 11.8 Å². The number of nitrogen functional groups attached to an aromatic ring is 1. The van der Waals surface area contributed by atoms with E-state index in [-0.39, 0.29) is 11.3 Å². The van der Waals surface area contributed by atoms with E-state index in [9.17, 15) is 4.79 Å². The van der Waals surface area contributed by atoms with Crippen molar-refractivity contribution in [3.8, 4) is 0 Å². The number of hydrogen-bond acceptors (Lipinski definition) is 5. The molecule has 1 atom stereocenters. The van der Waals surface area contributed by atoms with E-state index in [1.165, 1.54) is 12.3 Å². The van der Waals surface area contributed by atoms with Gasteiger partial charge in [0.1, 0.15) is 0 Å². The predicted molar refractivity (Wildman–Crippen MR) is 74.4 cm³/mol. The van der Waals surface area contributed by atoms with E-state index in [1.807, 2.05) is 11.8 Å². The molecule has 0 saturated carbocycles. The van der Waals surface area contributed by atoms with Gasteiger partial charge in [0.05, 0.1) is 11.3 Å². The van der Waals surface area contributed by atoms with Crippen LogP contribution in [0.2, 0.25) is 0 Å². The number of hydrogen-bond donors (Lipinski definition) is 2. The van der Waals surface area contributed by atoms with Crippen molar-refractivity contribution in [1.82, 2.24) is 4.98 Å². The fraction of sp³-hybridized carbons (Fsp3) is 0.500. The van der Waals surface area contributed by atoms with Crippen molar-refractivity contribution in [1.29, 1.82) is 0 Å². The van der Waals surface area contributed by atoms with Crippen LogP contribution in [0.3, 0.4) is 0 Å². The summed E-state index contributed by atoms with van der Waals surface area (Å²) in [5.41, 5.74) is 6.31. The lowest BCUT2D eigenvalue weighted by Gasteiger charge is -2.33. The standard InChI is InChI=1S/C12H17N3O2S/c1-2-8-7-15(5-6-18-8)11-10(13)9(12(16)17)3-4-14-11/h3-4,8H,2,5-7,13H2,1H3,(H,16,17). The SMILES string of the molecule is CCC1CN(c2nccc(C(=O)O)c2N)CCS1. The highest BCUT2D eigenvalue weighted by molar-refractivity contribution is 8.00.